The van der Waals surface area contributed by atoms with Crippen LogP contribution in [0, 0.1) is 5.92 Å². The molecule has 0 aliphatic carbocycles. The Balaban J connectivity index is 2.10. The van der Waals surface area contributed by atoms with E-state index in [1.807, 2.05) is 30.3 Å². The van der Waals surface area contributed by atoms with E-state index in [4.69, 9.17) is 11.5 Å². The zero-order chi connectivity index (χ0) is 26.0. The van der Waals surface area contributed by atoms with Gasteiger partial charge in [-0.1, -0.05) is 43.3 Å². The molecule has 0 saturated heterocycles. The number of carbonyl (C=O) groups is 3. The van der Waals surface area contributed by atoms with Gasteiger partial charge in [0, 0.05) is 18.8 Å². The topological polar surface area (TPSA) is 139 Å². The Morgan fingerprint density at radius 1 is 0.971 bits per heavy atom. The number of hydrogen-bond donors (Lipinski definition) is 5. The predicted molar refractivity (Wildman–Crippen MR) is 126 cm³/mol. The second kappa shape index (κ2) is 12.9. The second-order valence-corrected chi connectivity index (χ2v) is 8.14. The summed E-state index contributed by atoms with van der Waals surface area (Å²) >= 11 is 0. The van der Waals surface area contributed by atoms with Crippen molar-refractivity contribution in [2.45, 2.75) is 38.0 Å². The van der Waals surface area contributed by atoms with Crippen molar-refractivity contribution in [3.05, 3.63) is 65.7 Å². The molecule has 3 unspecified atom stereocenters. The molecule has 2 rings (SSSR count). The predicted octanol–water partition coefficient (Wildman–Crippen LogP) is 1.80. The molecular formula is C24H30F3N5O3. The van der Waals surface area contributed by atoms with E-state index < -0.39 is 47.5 Å². The Bertz CT molecular complexity index is 1000. The smallest absolute Gasteiger partial charge is 0.354 e. The minimum absolute atomic E-state index is 0.0288. The van der Waals surface area contributed by atoms with Gasteiger partial charge in [0.05, 0.1) is 17.5 Å². The van der Waals surface area contributed by atoms with Crippen LogP contribution in [0.5, 0.6) is 0 Å². The number of hydrogen-bond acceptors (Lipinski definition) is 5. The maximum atomic E-state index is 13.0. The first kappa shape index (κ1) is 27.8. The summed E-state index contributed by atoms with van der Waals surface area (Å²) in [5.41, 5.74) is 10.9. The van der Waals surface area contributed by atoms with E-state index in [0.29, 0.717) is 6.42 Å². The van der Waals surface area contributed by atoms with Gasteiger partial charge in [-0.05, 0) is 36.6 Å². The molecule has 11 heteroatoms. The third-order valence-corrected chi connectivity index (χ3v) is 5.28. The summed E-state index contributed by atoms with van der Waals surface area (Å²) in [6.45, 7) is 1.48. The van der Waals surface area contributed by atoms with Gasteiger partial charge in [-0.2, -0.15) is 13.2 Å². The van der Waals surface area contributed by atoms with Crippen molar-refractivity contribution in [3.8, 4) is 0 Å². The van der Waals surface area contributed by atoms with Gasteiger partial charge in [-0.15, -0.1) is 0 Å². The van der Waals surface area contributed by atoms with E-state index in [2.05, 4.69) is 16.0 Å². The van der Waals surface area contributed by atoms with Gasteiger partial charge in [-0.3, -0.25) is 14.4 Å². The van der Waals surface area contributed by atoms with E-state index in [0.717, 1.165) is 17.7 Å². The first-order valence-corrected chi connectivity index (χ1v) is 11.1. The van der Waals surface area contributed by atoms with Gasteiger partial charge in [-0.25, -0.2) is 0 Å². The SMILES string of the molecule is CC(CNC(=O)C(N)CN)C(=O)NC(CCc1ccccc1)C(=O)Nc1cccc(C(F)(F)F)c1. The third-order valence-electron chi connectivity index (χ3n) is 5.28. The lowest BCUT2D eigenvalue weighted by Crippen LogP contribution is -2.50. The summed E-state index contributed by atoms with van der Waals surface area (Å²) in [4.78, 5) is 37.5. The van der Waals surface area contributed by atoms with Crippen molar-refractivity contribution in [2.24, 2.45) is 17.4 Å². The number of rotatable bonds is 11. The van der Waals surface area contributed by atoms with Gasteiger partial charge in [0.25, 0.3) is 0 Å². The summed E-state index contributed by atoms with van der Waals surface area (Å²) in [5.74, 6) is -2.38. The van der Waals surface area contributed by atoms with E-state index in [1.165, 1.54) is 12.1 Å². The highest BCUT2D eigenvalue weighted by atomic mass is 19.4. The lowest BCUT2D eigenvalue weighted by molar-refractivity contribution is -0.137. The lowest BCUT2D eigenvalue weighted by atomic mass is 10.0. The van der Waals surface area contributed by atoms with Gasteiger partial charge < -0.3 is 27.4 Å². The van der Waals surface area contributed by atoms with Gasteiger partial charge >= 0.3 is 6.18 Å². The number of nitrogens with one attached hydrogen (secondary N) is 3. The second-order valence-electron chi connectivity index (χ2n) is 8.14. The van der Waals surface area contributed by atoms with Crippen molar-refractivity contribution < 1.29 is 27.6 Å². The van der Waals surface area contributed by atoms with Crippen LogP contribution in [0.25, 0.3) is 0 Å². The molecule has 2 aromatic rings. The summed E-state index contributed by atoms with van der Waals surface area (Å²) in [6.07, 6.45) is -3.91. The minimum Gasteiger partial charge on any atom is -0.354 e. The zero-order valence-corrected chi connectivity index (χ0v) is 19.3. The number of carbonyl (C=O) groups excluding carboxylic acids is 3. The van der Waals surface area contributed by atoms with Gasteiger partial charge in [0.2, 0.25) is 17.7 Å². The summed E-state index contributed by atoms with van der Waals surface area (Å²) < 4.78 is 39.1. The summed E-state index contributed by atoms with van der Waals surface area (Å²) in [5, 5.41) is 7.62. The molecule has 0 radical (unpaired) electrons. The molecular weight excluding hydrogens is 463 g/mol. The molecule has 0 aromatic heterocycles. The largest absolute Gasteiger partial charge is 0.416 e. The van der Waals surface area contributed by atoms with Crippen molar-refractivity contribution >= 4 is 23.4 Å². The number of aryl methyl sites for hydroxylation is 1. The third kappa shape index (κ3) is 9.02. The number of amides is 3. The van der Waals surface area contributed by atoms with Crippen molar-refractivity contribution in [2.75, 3.05) is 18.4 Å². The summed E-state index contributed by atoms with van der Waals surface area (Å²) in [7, 11) is 0. The maximum Gasteiger partial charge on any atom is 0.416 e. The van der Waals surface area contributed by atoms with Gasteiger partial charge in [0.15, 0.2) is 0 Å². The van der Waals surface area contributed by atoms with Crippen LogP contribution in [0.1, 0.15) is 24.5 Å². The Hall–Kier alpha value is -3.44. The zero-order valence-electron chi connectivity index (χ0n) is 19.3. The van der Waals surface area contributed by atoms with E-state index in [-0.39, 0.29) is 25.2 Å². The quantitative estimate of drug-likeness (QED) is 0.325. The molecule has 190 valence electrons. The number of anilines is 1. The first-order valence-electron chi connectivity index (χ1n) is 11.1. The fraction of sp³-hybridized carbons (Fsp3) is 0.375. The van der Waals surface area contributed by atoms with Gasteiger partial charge in [0.1, 0.15) is 6.04 Å². The molecule has 8 nitrogen and oxygen atoms in total. The van der Waals surface area contributed by atoms with Crippen molar-refractivity contribution in [1.82, 2.24) is 10.6 Å². The molecule has 0 aliphatic heterocycles. The van der Waals surface area contributed by atoms with Crippen LogP contribution in [-0.2, 0) is 27.0 Å². The minimum atomic E-state index is -4.56. The average molecular weight is 494 g/mol. The molecule has 0 fully saturated rings. The molecule has 7 N–H and O–H groups in total. The Morgan fingerprint density at radius 3 is 2.29 bits per heavy atom. The molecule has 0 bridgehead atoms. The standard InChI is InChI=1S/C24H30F3N5O3/c1-15(14-30-22(34)19(29)13-28)21(33)32-20(11-10-16-6-3-2-4-7-16)23(35)31-18-9-5-8-17(12-18)24(25,26)27/h2-9,12,15,19-20H,10-11,13-14,28-29H2,1H3,(H,30,34)(H,31,35)(H,32,33). The van der Waals surface area contributed by atoms with Crippen LogP contribution in [0.4, 0.5) is 18.9 Å². The Kier molecular flexibility index (Phi) is 10.2. The van der Waals surface area contributed by atoms with E-state index in [9.17, 15) is 27.6 Å². The Morgan fingerprint density at radius 2 is 1.66 bits per heavy atom. The van der Waals surface area contributed by atoms with Crippen LogP contribution in [0.15, 0.2) is 54.6 Å². The van der Waals surface area contributed by atoms with Crippen molar-refractivity contribution in [1.29, 1.82) is 0 Å². The molecule has 3 amide bonds. The lowest BCUT2D eigenvalue weighted by Gasteiger charge is -2.22. The van der Waals surface area contributed by atoms with Crippen LogP contribution in [-0.4, -0.2) is 42.9 Å². The van der Waals surface area contributed by atoms with Crippen LogP contribution < -0.4 is 27.4 Å². The number of benzene rings is 2. The maximum absolute atomic E-state index is 13.0. The molecule has 0 spiro atoms. The fourth-order valence-corrected chi connectivity index (χ4v) is 3.13. The summed E-state index contributed by atoms with van der Waals surface area (Å²) in [6, 6.07) is 11.6. The van der Waals surface area contributed by atoms with Crippen LogP contribution in [0.2, 0.25) is 0 Å². The van der Waals surface area contributed by atoms with Crippen LogP contribution >= 0.6 is 0 Å². The number of halogens is 3. The number of nitrogens with two attached hydrogens (primary N) is 2. The highest BCUT2D eigenvalue weighted by Crippen LogP contribution is 2.30. The fourth-order valence-electron chi connectivity index (χ4n) is 3.13. The molecule has 35 heavy (non-hydrogen) atoms. The molecule has 0 aliphatic rings. The monoisotopic (exact) mass is 493 g/mol. The molecule has 0 heterocycles. The highest BCUT2D eigenvalue weighted by Gasteiger charge is 2.31. The van der Waals surface area contributed by atoms with Crippen LogP contribution in [0.3, 0.4) is 0 Å². The van der Waals surface area contributed by atoms with E-state index >= 15 is 0 Å². The van der Waals surface area contributed by atoms with Crippen molar-refractivity contribution in [3.63, 3.8) is 0 Å². The normalized spacial score (nSPS) is 13.9. The first-order chi connectivity index (χ1) is 16.5. The van der Waals surface area contributed by atoms with E-state index in [1.54, 1.807) is 6.92 Å². The molecule has 2 aromatic carbocycles. The Labute approximate surface area is 201 Å². The number of alkyl halides is 3. The highest BCUT2D eigenvalue weighted by molar-refractivity contribution is 5.97. The molecule has 0 saturated carbocycles. The molecule has 3 atom stereocenters. The average Bonchev–Trinajstić information content (AvgIpc) is 2.84.